The second-order valence-electron chi connectivity index (χ2n) is 7.83. The molecule has 2 fully saturated rings. The van der Waals surface area contributed by atoms with E-state index in [0.717, 1.165) is 5.39 Å². The number of hydrogen-bond donors (Lipinski definition) is 2. The van der Waals surface area contributed by atoms with Gasteiger partial charge < -0.3 is 19.9 Å². The molecule has 0 aromatic carbocycles. The topological polar surface area (TPSA) is 87.3 Å². The van der Waals surface area contributed by atoms with Crippen LogP contribution in [0.1, 0.15) is 37.0 Å². The highest BCUT2D eigenvalue weighted by Gasteiger charge is 2.62. The van der Waals surface area contributed by atoms with Crippen LogP contribution in [0, 0.1) is 11.8 Å². The second-order valence-corrected chi connectivity index (χ2v) is 7.83. The molecule has 0 unspecified atom stereocenters. The molecule has 0 radical (unpaired) electrons. The van der Waals surface area contributed by atoms with Crippen molar-refractivity contribution in [1.82, 2.24) is 14.9 Å². The fourth-order valence-electron chi connectivity index (χ4n) is 3.87. The van der Waals surface area contributed by atoms with Gasteiger partial charge in [0, 0.05) is 43.3 Å². The number of amides is 1. The zero-order valence-corrected chi connectivity index (χ0v) is 16.4. The number of alkyl halides is 2. The van der Waals surface area contributed by atoms with Gasteiger partial charge in [0.05, 0.1) is 12.3 Å². The Morgan fingerprint density at radius 2 is 2.21 bits per heavy atom. The molecule has 29 heavy (non-hydrogen) atoms. The lowest BCUT2D eigenvalue weighted by Gasteiger charge is -2.38. The van der Waals surface area contributed by atoms with Crippen molar-refractivity contribution in [2.45, 2.75) is 38.7 Å². The largest absolute Gasteiger partial charge is 0.462 e. The molecule has 1 saturated heterocycles. The maximum Gasteiger partial charge on any atom is 0.341 e. The Labute approximate surface area is 166 Å². The third-order valence-electron chi connectivity index (χ3n) is 5.81. The Morgan fingerprint density at radius 3 is 2.90 bits per heavy atom. The Morgan fingerprint density at radius 1 is 1.45 bits per heavy atom. The first-order chi connectivity index (χ1) is 13.8. The molecule has 4 rings (SSSR count). The minimum Gasteiger partial charge on any atom is -0.462 e. The zero-order chi connectivity index (χ0) is 20.8. The Kier molecular flexibility index (Phi) is 4.92. The van der Waals surface area contributed by atoms with E-state index in [1.165, 1.54) is 11.1 Å². The number of halogens is 2. The first-order valence-electron chi connectivity index (χ1n) is 9.88. The predicted molar refractivity (Wildman–Crippen MR) is 103 cm³/mol. The molecule has 7 nitrogen and oxygen atoms in total. The normalized spacial score (nSPS) is 25.7. The van der Waals surface area contributed by atoms with Crippen molar-refractivity contribution in [1.29, 1.82) is 0 Å². The smallest absolute Gasteiger partial charge is 0.341 e. The summed E-state index contributed by atoms with van der Waals surface area (Å²) in [7, 11) is 0. The Balaban J connectivity index is 1.59. The van der Waals surface area contributed by atoms with Gasteiger partial charge in [-0.1, -0.05) is 6.92 Å². The highest BCUT2D eigenvalue weighted by Crippen LogP contribution is 2.49. The number of piperidine rings is 1. The van der Waals surface area contributed by atoms with Crippen LogP contribution in [-0.2, 0) is 9.53 Å². The van der Waals surface area contributed by atoms with Gasteiger partial charge in [-0.05, 0) is 25.3 Å². The number of carbonyl (C=O) groups excluding carboxylic acids is 2. The average molecular weight is 406 g/mol. The molecule has 9 heteroatoms. The minimum absolute atomic E-state index is 0.186. The molecule has 2 aromatic rings. The molecule has 1 amide bonds. The summed E-state index contributed by atoms with van der Waals surface area (Å²) in [5, 5.41) is 4.13. The van der Waals surface area contributed by atoms with Crippen LogP contribution in [0.3, 0.4) is 0 Å². The number of nitrogens with zero attached hydrogens (tertiary/aromatic N) is 2. The van der Waals surface area contributed by atoms with E-state index in [1.54, 1.807) is 13.1 Å². The number of aromatic nitrogens is 2. The molecule has 2 N–H and O–H groups in total. The van der Waals surface area contributed by atoms with E-state index in [1.807, 2.05) is 13.0 Å². The van der Waals surface area contributed by atoms with Gasteiger partial charge in [-0.2, -0.15) is 0 Å². The summed E-state index contributed by atoms with van der Waals surface area (Å²) in [5.41, 5.74) is 1.51. The summed E-state index contributed by atoms with van der Waals surface area (Å²) in [5.74, 6) is -4.84. The number of carbonyl (C=O) groups is 2. The molecule has 3 heterocycles. The first-order valence-corrected chi connectivity index (χ1v) is 9.88. The molecule has 3 atom stereocenters. The molecule has 1 aliphatic carbocycles. The molecule has 2 aliphatic rings. The molecular weight excluding hydrogens is 382 g/mol. The van der Waals surface area contributed by atoms with Crippen molar-refractivity contribution in [2.75, 3.05) is 25.0 Å². The van der Waals surface area contributed by atoms with Gasteiger partial charge in [0.1, 0.15) is 17.1 Å². The van der Waals surface area contributed by atoms with E-state index < -0.39 is 23.7 Å². The van der Waals surface area contributed by atoms with Crippen LogP contribution in [0.15, 0.2) is 18.5 Å². The number of nitrogens with one attached hydrogen (secondary N) is 2. The summed E-state index contributed by atoms with van der Waals surface area (Å²) in [6.45, 7) is 4.79. The van der Waals surface area contributed by atoms with Crippen molar-refractivity contribution in [3.63, 3.8) is 0 Å². The van der Waals surface area contributed by atoms with Crippen molar-refractivity contribution in [3.05, 3.63) is 24.0 Å². The number of hydrogen-bond acceptors (Lipinski definition) is 5. The summed E-state index contributed by atoms with van der Waals surface area (Å²) >= 11 is 0. The summed E-state index contributed by atoms with van der Waals surface area (Å²) < 4.78 is 31.9. The molecule has 156 valence electrons. The lowest BCUT2D eigenvalue weighted by atomic mass is 9.92. The number of esters is 1. The van der Waals surface area contributed by atoms with E-state index in [4.69, 9.17) is 4.74 Å². The average Bonchev–Trinajstić information content (AvgIpc) is 3.09. The van der Waals surface area contributed by atoms with E-state index in [2.05, 4.69) is 15.3 Å². The van der Waals surface area contributed by atoms with E-state index in [-0.39, 0.29) is 25.0 Å². The van der Waals surface area contributed by atoms with Gasteiger partial charge in [0.2, 0.25) is 5.91 Å². The molecule has 2 aromatic heterocycles. The van der Waals surface area contributed by atoms with Crippen LogP contribution >= 0.6 is 0 Å². The molecule has 1 saturated carbocycles. The van der Waals surface area contributed by atoms with Gasteiger partial charge in [-0.3, -0.25) is 4.79 Å². The van der Waals surface area contributed by atoms with Crippen molar-refractivity contribution >= 4 is 28.6 Å². The van der Waals surface area contributed by atoms with Crippen LogP contribution in [0.25, 0.3) is 11.0 Å². The summed E-state index contributed by atoms with van der Waals surface area (Å²) in [6, 6.07) is 1.63. The van der Waals surface area contributed by atoms with Crippen LogP contribution < -0.4 is 5.32 Å². The van der Waals surface area contributed by atoms with E-state index >= 15 is 0 Å². The predicted octanol–water partition coefficient (Wildman–Crippen LogP) is 3.04. The summed E-state index contributed by atoms with van der Waals surface area (Å²) in [4.78, 5) is 33.7. The standard InChI is InChI=1S/C20H24F2N4O3/c1-3-29-19(28)13-9-24-17-12(4-6-23-17)16(13)25-15-10-26(7-5-11(15)2)18(27)14-8-20(14,21)22/h4,6,9,11,14-15H,3,5,7-8,10H2,1-2H3,(H2,23,24,25)/t11-,14+,15+/m1/s1. The quantitative estimate of drug-likeness (QED) is 0.746. The number of ether oxygens (including phenoxy) is 1. The lowest BCUT2D eigenvalue weighted by Crippen LogP contribution is -2.50. The van der Waals surface area contributed by atoms with Gasteiger partial charge in [0.15, 0.2) is 0 Å². The van der Waals surface area contributed by atoms with Crippen LogP contribution in [-0.4, -0.2) is 58.4 Å². The maximum atomic E-state index is 13.4. The minimum atomic E-state index is -2.87. The number of rotatable bonds is 5. The molecule has 0 spiro atoms. The number of anilines is 1. The van der Waals surface area contributed by atoms with E-state index in [0.29, 0.717) is 36.4 Å². The van der Waals surface area contributed by atoms with Crippen molar-refractivity contribution in [3.8, 4) is 0 Å². The SMILES string of the molecule is CCOC(=O)c1cnc2[nH]ccc2c1N[C@H]1CN(C(=O)[C@@H]2CC2(F)F)CC[C@H]1C. The van der Waals surface area contributed by atoms with Crippen LogP contribution in [0.4, 0.5) is 14.5 Å². The third-order valence-corrected chi connectivity index (χ3v) is 5.81. The monoisotopic (exact) mass is 406 g/mol. The maximum absolute atomic E-state index is 13.4. The van der Waals surface area contributed by atoms with E-state index in [9.17, 15) is 18.4 Å². The van der Waals surface area contributed by atoms with Gasteiger partial charge in [0.25, 0.3) is 5.92 Å². The molecule has 1 aliphatic heterocycles. The first kappa shape index (κ1) is 19.6. The number of fused-ring (bicyclic) bond motifs is 1. The van der Waals surface area contributed by atoms with Crippen molar-refractivity contribution in [2.24, 2.45) is 11.8 Å². The Hall–Kier alpha value is -2.71. The number of aromatic amines is 1. The third kappa shape index (κ3) is 3.65. The number of H-pyrrole nitrogens is 1. The zero-order valence-electron chi connectivity index (χ0n) is 16.4. The van der Waals surface area contributed by atoms with Gasteiger partial charge >= 0.3 is 5.97 Å². The highest BCUT2D eigenvalue weighted by molar-refractivity contribution is 6.04. The molecule has 0 bridgehead atoms. The van der Waals surface area contributed by atoms with Crippen LogP contribution in [0.2, 0.25) is 0 Å². The van der Waals surface area contributed by atoms with Gasteiger partial charge in [-0.15, -0.1) is 0 Å². The Bertz CT molecular complexity index is 945. The summed E-state index contributed by atoms with van der Waals surface area (Å²) in [6.07, 6.45) is 3.52. The highest BCUT2D eigenvalue weighted by atomic mass is 19.3. The second kappa shape index (κ2) is 7.27. The van der Waals surface area contributed by atoms with Crippen molar-refractivity contribution < 1.29 is 23.1 Å². The van der Waals surface area contributed by atoms with Crippen LogP contribution in [0.5, 0.6) is 0 Å². The fraction of sp³-hybridized carbons (Fsp3) is 0.550. The van der Waals surface area contributed by atoms with Gasteiger partial charge in [-0.25, -0.2) is 18.6 Å². The number of likely N-dealkylation sites (tertiary alicyclic amines) is 1. The number of pyridine rings is 1. The molecular formula is C20H24F2N4O3. The fourth-order valence-corrected chi connectivity index (χ4v) is 3.87. The lowest BCUT2D eigenvalue weighted by molar-refractivity contribution is -0.136.